The number of ether oxygens (including phenoxy) is 1. The van der Waals surface area contributed by atoms with Gasteiger partial charge in [0.1, 0.15) is 0 Å². The fourth-order valence-electron chi connectivity index (χ4n) is 2.80. The molecule has 0 aromatic heterocycles. The van der Waals surface area contributed by atoms with Crippen molar-refractivity contribution in [1.82, 2.24) is 10.6 Å². The lowest BCUT2D eigenvalue weighted by atomic mass is 9.67. The van der Waals surface area contributed by atoms with E-state index in [2.05, 4.69) is 15.6 Å². The fourth-order valence-corrected chi connectivity index (χ4v) is 2.80. The van der Waals surface area contributed by atoms with Crippen LogP contribution >= 0.6 is 24.0 Å². The second kappa shape index (κ2) is 9.07. The van der Waals surface area contributed by atoms with E-state index in [1.54, 1.807) is 7.11 Å². The lowest BCUT2D eigenvalue weighted by Crippen LogP contribution is -2.47. The molecule has 0 spiro atoms. The van der Waals surface area contributed by atoms with Crippen LogP contribution in [-0.2, 0) is 4.74 Å². The minimum absolute atomic E-state index is 0. The smallest absolute Gasteiger partial charge is 0.190 e. The van der Waals surface area contributed by atoms with Crippen LogP contribution in [-0.4, -0.2) is 39.8 Å². The Labute approximate surface area is 140 Å². The minimum Gasteiger partial charge on any atom is -0.385 e. The van der Waals surface area contributed by atoms with E-state index in [9.17, 15) is 0 Å². The second-order valence-corrected chi connectivity index (χ2v) is 6.18. The zero-order chi connectivity index (χ0) is 13.6. The summed E-state index contributed by atoms with van der Waals surface area (Å²) in [7, 11) is 3.65. The van der Waals surface area contributed by atoms with Gasteiger partial charge in [-0.15, -0.1) is 24.0 Å². The summed E-state index contributed by atoms with van der Waals surface area (Å²) in [6.45, 7) is 2.95. The normalized spacial score (nSPS) is 20.8. The van der Waals surface area contributed by atoms with Gasteiger partial charge in [0.25, 0.3) is 0 Å². The van der Waals surface area contributed by atoms with Crippen molar-refractivity contribution in [2.75, 3.05) is 33.9 Å². The molecule has 0 bridgehead atoms. The molecule has 5 heteroatoms. The van der Waals surface area contributed by atoms with Crippen molar-refractivity contribution in [3.8, 4) is 0 Å². The Morgan fingerprint density at radius 2 is 2.05 bits per heavy atom. The first kappa shape index (κ1) is 18.0. The van der Waals surface area contributed by atoms with Gasteiger partial charge in [0.05, 0.1) is 0 Å². The first-order chi connectivity index (χ1) is 9.28. The Kier molecular flexibility index (Phi) is 8.17. The zero-order valence-electron chi connectivity index (χ0n) is 12.9. The third kappa shape index (κ3) is 5.76. The highest BCUT2D eigenvalue weighted by atomic mass is 127. The summed E-state index contributed by atoms with van der Waals surface area (Å²) >= 11 is 0. The van der Waals surface area contributed by atoms with Gasteiger partial charge in [-0.1, -0.05) is 19.3 Å². The van der Waals surface area contributed by atoms with Gasteiger partial charge in [-0.2, -0.15) is 0 Å². The van der Waals surface area contributed by atoms with Crippen molar-refractivity contribution in [2.45, 2.75) is 44.9 Å². The zero-order valence-corrected chi connectivity index (χ0v) is 15.2. The molecule has 0 unspecified atom stereocenters. The minimum atomic E-state index is 0. The molecule has 2 aliphatic carbocycles. The van der Waals surface area contributed by atoms with E-state index in [0.29, 0.717) is 5.41 Å². The van der Waals surface area contributed by atoms with Gasteiger partial charge in [-0.05, 0) is 37.0 Å². The molecule has 2 N–H and O–H groups in total. The van der Waals surface area contributed by atoms with Crippen molar-refractivity contribution < 1.29 is 4.74 Å². The Balaban J connectivity index is 0.00000200. The molecule has 0 saturated heterocycles. The van der Waals surface area contributed by atoms with Crippen LogP contribution in [0.5, 0.6) is 0 Å². The van der Waals surface area contributed by atoms with Gasteiger partial charge in [0, 0.05) is 33.9 Å². The van der Waals surface area contributed by atoms with Crippen molar-refractivity contribution in [1.29, 1.82) is 0 Å². The molecular formula is C15H30IN3O. The van der Waals surface area contributed by atoms with Crippen LogP contribution in [0.15, 0.2) is 4.99 Å². The van der Waals surface area contributed by atoms with Crippen LogP contribution in [0.25, 0.3) is 0 Å². The maximum atomic E-state index is 5.23. The molecule has 2 fully saturated rings. The Hall–Kier alpha value is -0.0400. The number of aliphatic imine (C=N–C) groups is 1. The average molecular weight is 395 g/mol. The third-order valence-electron chi connectivity index (χ3n) is 4.65. The highest BCUT2D eigenvalue weighted by molar-refractivity contribution is 14.0. The summed E-state index contributed by atoms with van der Waals surface area (Å²) in [4.78, 5) is 4.31. The lowest BCUT2D eigenvalue weighted by Gasteiger charge is -2.42. The first-order valence-electron chi connectivity index (χ1n) is 7.71. The molecule has 2 rings (SSSR count). The van der Waals surface area contributed by atoms with Gasteiger partial charge < -0.3 is 15.4 Å². The molecule has 0 heterocycles. The van der Waals surface area contributed by atoms with Gasteiger partial charge in [-0.3, -0.25) is 4.99 Å². The van der Waals surface area contributed by atoms with E-state index in [4.69, 9.17) is 4.74 Å². The molecule has 0 atom stereocenters. The number of methoxy groups -OCH3 is 1. The average Bonchev–Trinajstić information content (AvgIpc) is 3.19. The predicted molar refractivity (Wildman–Crippen MR) is 94.9 cm³/mol. The van der Waals surface area contributed by atoms with E-state index in [1.807, 2.05) is 7.05 Å². The molecule has 0 aromatic rings. The number of halogens is 1. The molecule has 0 amide bonds. The highest BCUT2D eigenvalue weighted by Gasteiger charge is 2.36. The van der Waals surface area contributed by atoms with E-state index in [1.165, 1.54) is 38.5 Å². The Morgan fingerprint density at radius 1 is 1.30 bits per heavy atom. The van der Waals surface area contributed by atoms with Crippen molar-refractivity contribution in [2.24, 2.45) is 16.3 Å². The predicted octanol–water partition coefficient (Wildman–Crippen LogP) is 2.78. The van der Waals surface area contributed by atoms with Crippen molar-refractivity contribution in [3.05, 3.63) is 0 Å². The van der Waals surface area contributed by atoms with E-state index >= 15 is 0 Å². The molecule has 0 radical (unpaired) electrons. The SMILES string of the molecule is CN=C(NCCC1CC1)NCC1(CCOC)CCC1.I. The number of nitrogens with one attached hydrogen (secondary N) is 2. The van der Waals surface area contributed by atoms with Crippen LogP contribution < -0.4 is 10.6 Å². The standard InChI is InChI=1S/C15H29N3O.HI/c1-16-14(17-10-6-13-4-5-13)18-12-15(7-3-8-15)9-11-19-2;/h13H,3-12H2,1-2H3,(H2,16,17,18);1H. The number of rotatable bonds is 8. The summed E-state index contributed by atoms with van der Waals surface area (Å²) < 4.78 is 5.23. The van der Waals surface area contributed by atoms with E-state index in [0.717, 1.165) is 38.0 Å². The number of guanidine groups is 1. The number of hydrogen-bond acceptors (Lipinski definition) is 2. The first-order valence-corrected chi connectivity index (χ1v) is 7.71. The van der Waals surface area contributed by atoms with Crippen LogP contribution in [0.4, 0.5) is 0 Å². The van der Waals surface area contributed by atoms with Crippen LogP contribution in [0.3, 0.4) is 0 Å². The molecule has 2 aliphatic rings. The Bertz CT molecular complexity index is 301. The molecule has 4 nitrogen and oxygen atoms in total. The maximum Gasteiger partial charge on any atom is 0.190 e. The number of nitrogens with zero attached hydrogens (tertiary/aromatic N) is 1. The summed E-state index contributed by atoms with van der Waals surface area (Å²) in [6, 6.07) is 0. The molecule has 2 saturated carbocycles. The molecular weight excluding hydrogens is 365 g/mol. The van der Waals surface area contributed by atoms with Gasteiger partial charge in [-0.25, -0.2) is 0 Å². The lowest BCUT2D eigenvalue weighted by molar-refractivity contribution is 0.0732. The van der Waals surface area contributed by atoms with Crippen molar-refractivity contribution in [3.63, 3.8) is 0 Å². The van der Waals surface area contributed by atoms with Crippen LogP contribution in [0.2, 0.25) is 0 Å². The summed E-state index contributed by atoms with van der Waals surface area (Å²) in [5, 5.41) is 6.92. The molecule has 20 heavy (non-hydrogen) atoms. The Morgan fingerprint density at radius 3 is 2.55 bits per heavy atom. The van der Waals surface area contributed by atoms with Crippen LogP contribution in [0.1, 0.15) is 44.9 Å². The summed E-state index contributed by atoms with van der Waals surface area (Å²) in [5.74, 6) is 1.94. The van der Waals surface area contributed by atoms with Gasteiger partial charge >= 0.3 is 0 Å². The van der Waals surface area contributed by atoms with Crippen LogP contribution in [0, 0.1) is 11.3 Å². The van der Waals surface area contributed by atoms with Crippen molar-refractivity contribution >= 4 is 29.9 Å². The topological polar surface area (TPSA) is 45.7 Å². The third-order valence-corrected chi connectivity index (χ3v) is 4.65. The van der Waals surface area contributed by atoms with Gasteiger partial charge in [0.2, 0.25) is 0 Å². The maximum absolute atomic E-state index is 5.23. The fraction of sp³-hybridized carbons (Fsp3) is 0.933. The summed E-state index contributed by atoms with van der Waals surface area (Å²) in [6.07, 6.45) is 9.30. The van der Waals surface area contributed by atoms with Gasteiger partial charge in [0.15, 0.2) is 5.96 Å². The quantitative estimate of drug-likeness (QED) is 0.378. The second-order valence-electron chi connectivity index (χ2n) is 6.18. The number of hydrogen-bond donors (Lipinski definition) is 2. The highest BCUT2D eigenvalue weighted by Crippen LogP contribution is 2.43. The molecule has 0 aromatic carbocycles. The monoisotopic (exact) mass is 395 g/mol. The molecule has 0 aliphatic heterocycles. The van der Waals surface area contributed by atoms with E-state index < -0.39 is 0 Å². The largest absolute Gasteiger partial charge is 0.385 e. The molecule has 118 valence electrons. The summed E-state index contributed by atoms with van der Waals surface area (Å²) in [5.41, 5.74) is 0.449. The van der Waals surface area contributed by atoms with E-state index in [-0.39, 0.29) is 24.0 Å².